The summed E-state index contributed by atoms with van der Waals surface area (Å²) >= 11 is 0. The van der Waals surface area contributed by atoms with Crippen LogP contribution in [0.15, 0.2) is 46.1 Å². The first-order chi connectivity index (χ1) is 13.4. The van der Waals surface area contributed by atoms with Crippen molar-refractivity contribution < 1.29 is 23.8 Å². The quantitative estimate of drug-likeness (QED) is 0.677. The van der Waals surface area contributed by atoms with Gasteiger partial charge in [0, 0.05) is 12.8 Å². The summed E-state index contributed by atoms with van der Waals surface area (Å²) in [6, 6.07) is 9.75. The first kappa shape index (κ1) is 20.0. The molecule has 9 heteroatoms. The Bertz CT molecular complexity index is 926. The zero-order valence-corrected chi connectivity index (χ0v) is 15.0. The smallest absolute Gasteiger partial charge is 0.330 e. The van der Waals surface area contributed by atoms with E-state index in [-0.39, 0.29) is 19.4 Å². The van der Waals surface area contributed by atoms with Crippen molar-refractivity contribution in [3.63, 3.8) is 0 Å². The molecule has 1 saturated heterocycles. The number of carbonyl (C=O) groups is 1. The third-order valence-electron chi connectivity index (χ3n) is 4.54. The molecule has 0 radical (unpaired) electrons. The van der Waals surface area contributed by atoms with Gasteiger partial charge in [-0.1, -0.05) is 30.3 Å². The van der Waals surface area contributed by atoms with Gasteiger partial charge >= 0.3 is 11.7 Å². The molecule has 1 fully saturated rings. The average molecular weight is 392 g/mol. The summed E-state index contributed by atoms with van der Waals surface area (Å²) in [5.74, 6) is -1.55. The highest BCUT2D eigenvalue weighted by molar-refractivity contribution is 5.69. The average Bonchev–Trinajstić information content (AvgIpc) is 3.04. The second-order valence-corrected chi connectivity index (χ2v) is 6.60. The first-order valence-electron chi connectivity index (χ1n) is 8.98. The number of nitrogens with one attached hydrogen (secondary N) is 1. The Labute approximate surface area is 159 Å². The van der Waals surface area contributed by atoms with E-state index >= 15 is 0 Å². The topological polar surface area (TPSA) is 111 Å². The number of rotatable bonds is 7. The van der Waals surface area contributed by atoms with Gasteiger partial charge in [0.15, 0.2) is 0 Å². The summed E-state index contributed by atoms with van der Waals surface area (Å²) in [4.78, 5) is 36.6. The standard InChI is InChI=1S/C19H21FN2O6/c20-13-10-22(19(26)21-18(13)25)16-9-14(23)15(28-16)11-27-17(24)8-4-7-12-5-2-1-3-6-12/h1-3,5-6,10,14-16,23H,4,7-9,11H2,(H,21,25,26)/t14-,15+,16+/m0/s1. The minimum atomic E-state index is -1.13. The van der Waals surface area contributed by atoms with Crippen molar-refractivity contribution >= 4 is 5.97 Å². The molecule has 2 heterocycles. The molecule has 2 aromatic rings. The highest BCUT2D eigenvalue weighted by Crippen LogP contribution is 2.27. The highest BCUT2D eigenvalue weighted by Gasteiger charge is 2.36. The van der Waals surface area contributed by atoms with Crippen molar-refractivity contribution in [2.75, 3.05) is 6.61 Å². The Hall–Kier alpha value is -2.78. The summed E-state index contributed by atoms with van der Waals surface area (Å²) in [7, 11) is 0. The highest BCUT2D eigenvalue weighted by atomic mass is 19.1. The number of aliphatic hydroxyl groups excluding tert-OH is 1. The molecule has 0 aliphatic carbocycles. The van der Waals surface area contributed by atoms with Crippen LogP contribution < -0.4 is 11.2 Å². The fraction of sp³-hybridized carbons (Fsp3) is 0.421. The maximum atomic E-state index is 13.4. The van der Waals surface area contributed by atoms with Crippen LogP contribution in [0.4, 0.5) is 4.39 Å². The number of aliphatic hydroxyl groups is 1. The fourth-order valence-electron chi connectivity index (χ4n) is 3.04. The Morgan fingerprint density at radius 2 is 2.07 bits per heavy atom. The number of nitrogens with zero attached hydrogens (tertiary/aromatic N) is 1. The van der Waals surface area contributed by atoms with E-state index in [1.165, 1.54) is 0 Å². The van der Waals surface area contributed by atoms with Crippen LogP contribution in [0.2, 0.25) is 0 Å². The molecule has 150 valence electrons. The monoisotopic (exact) mass is 392 g/mol. The van der Waals surface area contributed by atoms with Crippen molar-refractivity contribution in [1.82, 2.24) is 9.55 Å². The van der Waals surface area contributed by atoms with E-state index in [1.807, 2.05) is 35.3 Å². The zero-order chi connectivity index (χ0) is 20.1. The van der Waals surface area contributed by atoms with Crippen LogP contribution in [0.25, 0.3) is 0 Å². The number of aryl methyl sites for hydroxylation is 1. The summed E-state index contributed by atoms with van der Waals surface area (Å²) in [5, 5.41) is 10.1. The van der Waals surface area contributed by atoms with E-state index < -0.39 is 41.5 Å². The number of aromatic nitrogens is 2. The van der Waals surface area contributed by atoms with E-state index in [1.54, 1.807) is 0 Å². The minimum absolute atomic E-state index is 0.00160. The van der Waals surface area contributed by atoms with Crippen molar-refractivity contribution in [2.24, 2.45) is 0 Å². The lowest BCUT2D eigenvalue weighted by Crippen LogP contribution is -2.34. The van der Waals surface area contributed by atoms with Crippen LogP contribution in [0.1, 0.15) is 31.1 Å². The molecule has 0 spiro atoms. The number of H-pyrrole nitrogens is 1. The molecule has 0 bridgehead atoms. The molecule has 1 aromatic carbocycles. The third-order valence-corrected chi connectivity index (χ3v) is 4.54. The summed E-state index contributed by atoms with van der Waals surface area (Å²) < 4.78 is 24.9. The van der Waals surface area contributed by atoms with Crippen molar-refractivity contribution in [1.29, 1.82) is 0 Å². The van der Waals surface area contributed by atoms with Gasteiger partial charge in [-0.3, -0.25) is 19.1 Å². The van der Waals surface area contributed by atoms with Crippen LogP contribution >= 0.6 is 0 Å². The predicted octanol–water partition coefficient (Wildman–Crippen LogP) is 0.890. The molecule has 1 aliphatic rings. The van der Waals surface area contributed by atoms with Gasteiger partial charge in [-0.05, 0) is 18.4 Å². The van der Waals surface area contributed by atoms with Crippen LogP contribution in [0.3, 0.4) is 0 Å². The van der Waals surface area contributed by atoms with Crippen molar-refractivity contribution in [3.8, 4) is 0 Å². The van der Waals surface area contributed by atoms with Gasteiger partial charge in [-0.15, -0.1) is 0 Å². The summed E-state index contributed by atoms with van der Waals surface area (Å²) in [6.07, 6.45) is -0.457. The van der Waals surface area contributed by atoms with E-state index in [0.29, 0.717) is 6.42 Å². The second-order valence-electron chi connectivity index (χ2n) is 6.60. The molecule has 3 atom stereocenters. The number of aromatic amines is 1. The normalized spacial score (nSPS) is 21.6. The molecule has 0 unspecified atom stereocenters. The molecular formula is C19H21FN2O6. The van der Waals surface area contributed by atoms with Crippen LogP contribution in [0.5, 0.6) is 0 Å². The van der Waals surface area contributed by atoms with E-state index in [4.69, 9.17) is 9.47 Å². The third kappa shape index (κ3) is 4.93. The van der Waals surface area contributed by atoms with Crippen molar-refractivity contribution in [2.45, 2.75) is 44.1 Å². The Balaban J connectivity index is 1.47. The first-order valence-corrected chi connectivity index (χ1v) is 8.98. The lowest BCUT2D eigenvalue weighted by molar-refractivity contribution is -0.150. The van der Waals surface area contributed by atoms with Gasteiger partial charge in [0.1, 0.15) is 18.9 Å². The van der Waals surface area contributed by atoms with Gasteiger partial charge in [0.2, 0.25) is 5.82 Å². The van der Waals surface area contributed by atoms with E-state index in [9.17, 15) is 23.9 Å². The maximum absolute atomic E-state index is 13.4. The van der Waals surface area contributed by atoms with Gasteiger partial charge in [-0.2, -0.15) is 4.39 Å². The van der Waals surface area contributed by atoms with E-state index in [0.717, 1.165) is 22.7 Å². The number of halogens is 1. The molecule has 1 aromatic heterocycles. The number of carbonyl (C=O) groups excluding carboxylic acids is 1. The van der Waals surface area contributed by atoms with Gasteiger partial charge < -0.3 is 14.6 Å². The molecule has 28 heavy (non-hydrogen) atoms. The lowest BCUT2D eigenvalue weighted by atomic mass is 10.1. The molecular weight excluding hydrogens is 371 g/mol. The number of hydrogen-bond donors (Lipinski definition) is 2. The molecule has 0 amide bonds. The number of hydrogen-bond acceptors (Lipinski definition) is 6. The number of benzene rings is 1. The largest absolute Gasteiger partial charge is 0.463 e. The van der Waals surface area contributed by atoms with E-state index in [2.05, 4.69) is 0 Å². The summed E-state index contributed by atoms with van der Waals surface area (Å²) in [5.41, 5.74) is -0.839. The van der Waals surface area contributed by atoms with Crippen LogP contribution in [0, 0.1) is 5.82 Å². The summed E-state index contributed by atoms with van der Waals surface area (Å²) in [6.45, 7) is -0.178. The Kier molecular flexibility index (Phi) is 6.37. The molecule has 2 N–H and O–H groups in total. The molecule has 0 saturated carbocycles. The number of esters is 1. The van der Waals surface area contributed by atoms with Crippen LogP contribution in [-0.2, 0) is 20.7 Å². The Morgan fingerprint density at radius 3 is 2.82 bits per heavy atom. The molecule has 8 nitrogen and oxygen atoms in total. The van der Waals surface area contributed by atoms with Crippen LogP contribution in [-0.4, -0.2) is 39.4 Å². The second kappa shape index (κ2) is 8.94. The van der Waals surface area contributed by atoms with Gasteiger partial charge in [-0.25, -0.2) is 4.79 Å². The maximum Gasteiger partial charge on any atom is 0.330 e. The SMILES string of the molecule is O=C(CCCc1ccccc1)OC[C@H]1O[C@@H](n2cc(F)c(=O)[nH]c2=O)C[C@@H]1O. The molecule has 3 rings (SSSR count). The number of ether oxygens (including phenoxy) is 2. The van der Waals surface area contributed by atoms with Crippen molar-refractivity contribution in [3.05, 3.63) is 68.7 Å². The molecule has 1 aliphatic heterocycles. The fourth-order valence-corrected chi connectivity index (χ4v) is 3.04. The van der Waals surface area contributed by atoms with Gasteiger partial charge in [0.25, 0.3) is 5.56 Å². The van der Waals surface area contributed by atoms with Gasteiger partial charge in [0.05, 0.1) is 12.3 Å². The lowest BCUT2D eigenvalue weighted by Gasteiger charge is -2.16. The predicted molar refractivity (Wildman–Crippen MR) is 96.2 cm³/mol. The minimum Gasteiger partial charge on any atom is -0.463 e. The zero-order valence-electron chi connectivity index (χ0n) is 15.0. The Morgan fingerprint density at radius 1 is 1.32 bits per heavy atom.